The highest BCUT2D eigenvalue weighted by Crippen LogP contribution is 2.39. The molecule has 3 heteroatoms. The van der Waals surface area contributed by atoms with E-state index in [4.69, 9.17) is 0 Å². The first-order valence-electron chi connectivity index (χ1n) is 4.42. The first-order valence-corrected chi connectivity index (χ1v) is 6.01. The van der Waals surface area contributed by atoms with E-state index in [9.17, 15) is 5.11 Å². The van der Waals surface area contributed by atoms with Crippen LogP contribution in [0, 0.1) is 0 Å². The Labute approximate surface area is 105 Å². The number of phenolic OH excluding ortho intramolecular Hbond substituents is 1. The molecule has 0 aliphatic rings. The van der Waals surface area contributed by atoms with Gasteiger partial charge in [0.25, 0.3) is 0 Å². The predicted octanol–water partition coefficient (Wildman–Crippen LogP) is 4.58. The monoisotopic (exact) mass is 326 g/mol. The van der Waals surface area contributed by atoms with Crippen LogP contribution in [0.25, 0.3) is 11.1 Å². The molecule has 0 saturated heterocycles. The van der Waals surface area contributed by atoms with Crippen molar-refractivity contribution in [2.24, 2.45) is 0 Å². The highest BCUT2D eigenvalue weighted by Gasteiger charge is 2.09. The Balaban J connectivity index is 2.60. The van der Waals surface area contributed by atoms with Crippen LogP contribution in [0.2, 0.25) is 0 Å². The SMILES string of the molecule is Oc1c(Br)ccc(-c2ccccc2)c1Br. The van der Waals surface area contributed by atoms with Crippen molar-refractivity contribution in [3.8, 4) is 16.9 Å². The summed E-state index contributed by atoms with van der Waals surface area (Å²) in [6.07, 6.45) is 0. The molecule has 0 fully saturated rings. The highest BCUT2D eigenvalue weighted by molar-refractivity contribution is 9.11. The fourth-order valence-corrected chi connectivity index (χ4v) is 2.55. The molecule has 76 valence electrons. The van der Waals surface area contributed by atoms with Crippen LogP contribution in [0.15, 0.2) is 51.4 Å². The molecule has 0 heterocycles. The summed E-state index contributed by atoms with van der Waals surface area (Å²) in [7, 11) is 0. The second-order valence-electron chi connectivity index (χ2n) is 3.12. The fourth-order valence-electron chi connectivity index (χ4n) is 1.38. The predicted molar refractivity (Wildman–Crippen MR) is 68.9 cm³/mol. The molecule has 0 aromatic heterocycles. The average Bonchev–Trinajstić information content (AvgIpc) is 2.27. The van der Waals surface area contributed by atoms with Crippen LogP contribution >= 0.6 is 31.9 Å². The third kappa shape index (κ3) is 2.08. The van der Waals surface area contributed by atoms with Gasteiger partial charge in [-0.2, -0.15) is 0 Å². The lowest BCUT2D eigenvalue weighted by molar-refractivity contribution is 0.469. The van der Waals surface area contributed by atoms with Crippen LogP contribution in [0.4, 0.5) is 0 Å². The van der Waals surface area contributed by atoms with Gasteiger partial charge in [0.1, 0.15) is 5.75 Å². The zero-order valence-electron chi connectivity index (χ0n) is 7.74. The molecule has 2 aromatic rings. The first-order chi connectivity index (χ1) is 7.20. The maximum atomic E-state index is 9.75. The van der Waals surface area contributed by atoms with E-state index in [1.54, 1.807) is 0 Å². The summed E-state index contributed by atoms with van der Waals surface area (Å²) in [5.41, 5.74) is 2.06. The van der Waals surface area contributed by atoms with Gasteiger partial charge in [0.15, 0.2) is 0 Å². The van der Waals surface area contributed by atoms with Crippen molar-refractivity contribution in [2.75, 3.05) is 0 Å². The molecule has 0 aliphatic heterocycles. The maximum Gasteiger partial charge on any atom is 0.144 e. The van der Waals surface area contributed by atoms with E-state index in [-0.39, 0.29) is 5.75 Å². The van der Waals surface area contributed by atoms with Gasteiger partial charge in [0, 0.05) is 0 Å². The van der Waals surface area contributed by atoms with Gasteiger partial charge in [-0.3, -0.25) is 0 Å². The van der Waals surface area contributed by atoms with Gasteiger partial charge in [-0.05, 0) is 49.1 Å². The van der Waals surface area contributed by atoms with E-state index < -0.39 is 0 Å². The third-order valence-corrected chi connectivity index (χ3v) is 3.59. The average molecular weight is 328 g/mol. The standard InChI is InChI=1S/C12H8Br2O/c13-10-7-6-9(11(14)12(10)15)8-4-2-1-3-5-8/h1-7,15H. The molecule has 15 heavy (non-hydrogen) atoms. The van der Waals surface area contributed by atoms with Crippen molar-refractivity contribution >= 4 is 31.9 Å². The van der Waals surface area contributed by atoms with Crippen LogP contribution in [-0.2, 0) is 0 Å². The van der Waals surface area contributed by atoms with E-state index in [0.717, 1.165) is 11.1 Å². The maximum absolute atomic E-state index is 9.75. The van der Waals surface area contributed by atoms with Crippen LogP contribution < -0.4 is 0 Å². The molecular formula is C12H8Br2O. The van der Waals surface area contributed by atoms with Gasteiger partial charge in [0.05, 0.1) is 8.95 Å². The highest BCUT2D eigenvalue weighted by atomic mass is 79.9. The fraction of sp³-hybridized carbons (Fsp3) is 0. The second-order valence-corrected chi connectivity index (χ2v) is 4.77. The lowest BCUT2D eigenvalue weighted by Gasteiger charge is -2.07. The molecule has 2 aromatic carbocycles. The summed E-state index contributed by atoms with van der Waals surface area (Å²) in [5, 5.41) is 9.75. The summed E-state index contributed by atoms with van der Waals surface area (Å²) < 4.78 is 1.40. The van der Waals surface area contributed by atoms with Crippen molar-refractivity contribution in [1.82, 2.24) is 0 Å². The summed E-state index contributed by atoms with van der Waals surface area (Å²) >= 11 is 6.66. The van der Waals surface area contributed by atoms with Crippen LogP contribution in [0.5, 0.6) is 5.75 Å². The molecule has 0 spiro atoms. The Morgan fingerprint density at radius 2 is 1.53 bits per heavy atom. The van der Waals surface area contributed by atoms with Gasteiger partial charge in [-0.25, -0.2) is 0 Å². The van der Waals surface area contributed by atoms with Gasteiger partial charge in [-0.15, -0.1) is 0 Å². The molecule has 0 amide bonds. The van der Waals surface area contributed by atoms with Gasteiger partial charge >= 0.3 is 0 Å². The number of phenols is 1. The molecule has 0 bridgehead atoms. The van der Waals surface area contributed by atoms with Gasteiger partial charge in [-0.1, -0.05) is 36.4 Å². The number of benzene rings is 2. The Bertz CT molecular complexity index is 480. The number of halogens is 2. The molecule has 0 aliphatic carbocycles. The normalized spacial score (nSPS) is 10.3. The Hall–Kier alpha value is -0.800. The Kier molecular flexibility index (Phi) is 3.12. The molecule has 0 atom stereocenters. The van der Waals surface area contributed by atoms with Crippen molar-refractivity contribution in [3.05, 3.63) is 51.4 Å². The topological polar surface area (TPSA) is 20.2 Å². The lowest BCUT2D eigenvalue weighted by Crippen LogP contribution is -1.81. The van der Waals surface area contributed by atoms with Crippen LogP contribution in [-0.4, -0.2) is 5.11 Å². The largest absolute Gasteiger partial charge is 0.506 e. The molecule has 2 rings (SSSR count). The Morgan fingerprint density at radius 1 is 0.867 bits per heavy atom. The summed E-state index contributed by atoms with van der Waals surface area (Å²) in [6.45, 7) is 0. The molecule has 0 saturated carbocycles. The lowest BCUT2D eigenvalue weighted by atomic mass is 10.1. The van der Waals surface area contributed by atoms with Crippen molar-refractivity contribution in [3.63, 3.8) is 0 Å². The first kappa shape index (κ1) is 10.7. The number of rotatable bonds is 1. The second kappa shape index (κ2) is 4.37. The summed E-state index contributed by atoms with van der Waals surface area (Å²) in [5.74, 6) is 0.233. The van der Waals surface area contributed by atoms with E-state index in [1.165, 1.54) is 0 Å². The van der Waals surface area contributed by atoms with Crippen LogP contribution in [0.3, 0.4) is 0 Å². The van der Waals surface area contributed by atoms with Crippen molar-refractivity contribution in [2.45, 2.75) is 0 Å². The molecular weight excluding hydrogens is 320 g/mol. The van der Waals surface area contributed by atoms with E-state index >= 15 is 0 Å². The van der Waals surface area contributed by atoms with Crippen LogP contribution in [0.1, 0.15) is 0 Å². The third-order valence-electron chi connectivity index (χ3n) is 2.15. The minimum absolute atomic E-state index is 0.233. The molecule has 0 radical (unpaired) electrons. The summed E-state index contributed by atoms with van der Waals surface area (Å²) in [6, 6.07) is 13.7. The minimum Gasteiger partial charge on any atom is -0.506 e. The van der Waals surface area contributed by atoms with E-state index in [1.807, 2.05) is 42.5 Å². The number of aromatic hydroxyl groups is 1. The van der Waals surface area contributed by atoms with Crippen molar-refractivity contribution < 1.29 is 5.11 Å². The zero-order valence-corrected chi connectivity index (χ0v) is 10.9. The van der Waals surface area contributed by atoms with Crippen molar-refractivity contribution in [1.29, 1.82) is 0 Å². The van der Waals surface area contributed by atoms with E-state index in [2.05, 4.69) is 31.9 Å². The summed E-state index contributed by atoms with van der Waals surface area (Å²) in [4.78, 5) is 0. The smallest absolute Gasteiger partial charge is 0.144 e. The molecule has 1 N–H and O–H groups in total. The zero-order chi connectivity index (χ0) is 10.8. The Morgan fingerprint density at radius 3 is 2.20 bits per heavy atom. The minimum atomic E-state index is 0.233. The molecule has 0 unspecified atom stereocenters. The number of hydrogen-bond donors (Lipinski definition) is 1. The molecule has 1 nitrogen and oxygen atoms in total. The number of hydrogen-bond acceptors (Lipinski definition) is 1. The van der Waals surface area contributed by atoms with E-state index in [0.29, 0.717) is 8.95 Å². The van der Waals surface area contributed by atoms with Gasteiger partial charge < -0.3 is 5.11 Å². The quantitative estimate of drug-likeness (QED) is 0.812. The van der Waals surface area contributed by atoms with Gasteiger partial charge in [0.2, 0.25) is 0 Å².